The molecule has 162 valence electrons. The van der Waals surface area contributed by atoms with Crippen LogP contribution in [-0.2, 0) is 16.1 Å². The van der Waals surface area contributed by atoms with Gasteiger partial charge in [-0.25, -0.2) is 0 Å². The lowest BCUT2D eigenvalue weighted by atomic mass is 9.57. The minimum absolute atomic E-state index is 0.0345. The quantitative estimate of drug-likeness (QED) is 0.760. The Hall–Kier alpha value is -2.66. The van der Waals surface area contributed by atoms with Gasteiger partial charge < -0.3 is 10.6 Å². The van der Waals surface area contributed by atoms with Crippen molar-refractivity contribution >= 4 is 11.8 Å². The zero-order chi connectivity index (χ0) is 21.6. The van der Waals surface area contributed by atoms with Crippen molar-refractivity contribution in [2.45, 2.75) is 44.3 Å². The summed E-state index contributed by atoms with van der Waals surface area (Å²) in [5, 5.41) is 6.37. The van der Waals surface area contributed by atoms with Crippen LogP contribution < -0.4 is 10.6 Å². The standard InChI is InChI=1S/C26H31N3O2/c1-17(2)15-29-16-20-13-26(25(31)27-14-18-9-5-3-6-10-18)22(19-11-7-4-8-12-19)23(29)21(20)24(30)28-26/h3-12,17,20-23H,13-16H2,1-2H3,(H,27,31)(H,28,30). The van der Waals surface area contributed by atoms with E-state index >= 15 is 0 Å². The smallest absolute Gasteiger partial charge is 0.246 e. The number of rotatable bonds is 6. The molecule has 0 spiro atoms. The van der Waals surface area contributed by atoms with E-state index in [1.165, 1.54) is 0 Å². The number of carbonyl (C=O) groups is 2. The maximum atomic E-state index is 13.8. The zero-order valence-electron chi connectivity index (χ0n) is 18.3. The lowest BCUT2D eigenvalue weighted by Crippen LogP contribution is -2.74. The van der Waals surface area contributed by atoms with E-state index in [2.05, 4.69) is 41.5 Å². The molecule has 3 saturated heterocycles. The van der Waals surface area contributed by atoms with Gasteiger partial charge in [-0.3, -0.25) is 14.5 Å². The summed E-state index contributed by atoms with van der Waals surface area (Å²) in [5.74, 6) is 0.658. The third-order valence-electron chi connectivity index (χ3n) is 7.33. The second-order valence-corrected chi connectivity index (χ2v) is 9.85. The second-order valence-electron chi connectivity index (χ2n) is 9.85. The number of nitrogens with zero attached hydrogens (tertiary/aromatic N) is 1. The van der Waals surface area contributed by atoms with Crippen LogP contribution in [0.25, 0.3) is 0 Å². The van der Waals surface area contributed by atoms with Crippen molar-refractivity contribution in [2.75, 3.05) is 13.1 Å². The van der Waals surface area contributed by atoms with E-state index in [0.717, 1.165) is 24.2 Å². The highest BCUT2D eigenvalue weighted by Crippen LogP contribution is 2.56. The normalized spacial score (nSPS) is 31.6. The first-order chi connectivity index (χ1) is 15.0. The van der Waals surface area contributed by atoms with Crippen LogP contribution in [0, 0.1) is 17.8 Å². The van der Waals surface area contributed by atoms with Crippen molar-refractivity contribution in [1.29, 1.82) is 0 Å². The molecule has 3 aliphatic heterocycles. The Labute approximate surface area is 184 Å². The van der Waals surface area contributed by atoms with Crippen LogP contribution in [0.15, 0.2) is 60.7 Å². The number of fused-ring (bicyclic) bond motifs is 1. The van der Waals surface area contributed by atoms with Crippen molar-refractivity contribution in [3.05, 3.63) is 71.8 Å². The molecule has 4 aliphatic rings. The van der Waals surface area contributed by atoms with Crippen molar-refractivity contribution in [2.24, 2.45) is 17.8 Å². The first-order valence-corrected chi connectivity index (χ1v) is 11.4. The fraction of sp³-hybridized carbons (Fsp3) is 0.462. The van der Waals surface area contributed by atoms with Gasteiger partial charge in [-0.1, -0.05) is 74.5 Å². The summed E-state index contributed by atoms with van der Waals surface area (Å²) in [4.78, 5) is 29.5. The molecule has 5 nitrogen and oxygen atoms in total. The van der Waals surface area contributed by atoms with E-state index in [1.807, 2.05) is 48.5 Å². The van der Waals surface area contributed by atoms with E-state index in [1.54, 1.807) is 0 Å². The molecule has 1 saturated carbocycles. The van der Waals surface area contributed by atoms with E-state index in [-0.39, 0.29) is 35.6 Å². The lowest BCUT2D eigenvalue weighted by Gasteiger charge is -2.55. The monoisotopic (exact) mass is 417 g/mol. The fourth-order valence-electron chi connectivity index (χ4n) is 6.32. The number of piperidine rings is 2. The SMILES string of the molecule is CC(C)CN1CC2CC3(C(=O)NCc4ccccc4)NC(=O)C2C1C3c1ccccc1. The van der Waals surface area contributed by atoms with Gasteiger partial charge in [-0.2, -0.15) is 0 Å². The maximum Gasteiger partial charge on any atom is 0.246 e. The number of hydrogen-bond acceptors (Lipinski definition) is 3. The zero-order valence-corrected chi connectivity index (χ0v) is 18.3. The van der Waals surface area contributed by atoms with Crippen LogP contribution in [0.3, 0.4) is 0 Å². The van der Waals surface area contributed by atoms with E-state index < -0.39 is 5.54 Å². The first kappa shape index (κ1) is 20.3. The van der Waals surface area contributed by atoms with Gasteiger partial charge in [0.15, 0.2) is 0 Å². The molecule has 0 aromatic heterocycles. The summed E-state index contributed by atoms with van der Waals surface area (Å²) < 4.78 is 0. The van der Waals surface area contributed by atoms with Crippen molar-refractivity contribution in [1.82, 2.24) is 15.5 Å². The number of amides is 2. The van der Waals surface area contributed by atoms with Gasteiger partial charge in [0.2, 0.25) is 11.8 Å². The van der Waals surface area contributed by atoms with E-state index in [0.29, 0.717) is 18.9 Å². The summed E-state index contributed by atoms with van der Waals surface area (Å²) in [6.45, 7) is 6.77. The highest BCUT2D eigenvalue weighted by Gasteiger charge is 2.68. The Balaban J connectivity index is 1.52. The van der Waals surface area contributed by atoms with Crippen molar-refractivity contribution < 1.29 is 9.59 Å². The van der Waals surface area contributed by atoms with Gasteiger partial charge in [0.05, 0.1) is 5.92 Å². The predicted octanol–water partition coefficient (Wildman–Crippen LogP) is 2.93. The highest BCUT2D eigenvalue weighted by molar-refractivity contribution is 5.97. The van der Waals surface area contributed by atoms with Gasteiger partial charge in [0, 0.05) is 31.6 Å². The minimum Gasteiger partial charge on any atom is -0.350 e. The summed E-state index contributed by atoms with van der Waals surface area (Å²) in [5.41, 5.74) is 1.30. The molecule has 3 heterocycles. The number of benzene rings is 2. The Morgan fingerprint density at radius 3 is 2.48 bits per heavy atom. The van der Waals surface area contributed by atoms with Crippen LogP contribution in [0.1, 0.15) is 37.3 Å². The molecular formula is C26H31N3O2. The predicted molar refractivity (Wildman–Crippen MR) is 120 cm³/mol. The molecule has 2 aromatic rings. The number of likely N-dealkylation sites (tertiary alicyclic amines) is 1. The third-order valence-corrected chi connectivity index (χ3v) is 7.33. The largest absolute Gasteiger partial charge is 0.350 e. The maximum absolute atomic E-state index is 13.8. The van der Waals surface area contributed by atoms with Crippen LogP contribution in [0.4, 0.5) is 0 Å². The van der Waals surface area contributed by atoms with Gasteiger partial charge in [0.1, 0.15) is 5.54 Å². The summed E-state index contributed by atoms with van der Waals surface area (Å²) in [6.07, 6.45) is 0.703. The summed E-state index contributed by atoms with van der Waals surface area (Å²) in [6, 6.07) is 20.3. The lowest BCUT2D eigenvalue weighted by molar-refractivity contribution is -0.150. The van der Waals surface area contributed by atoms with Crippen molar-refractivity contribution in [3.8, 4) is 0 Å². The summed E-state index contributed by atoms with van der Waals surface area (Å²) in [7, 11) is 0. The molecule has 4 fully saturated rings. The number of hydrogen-bond donors (Lipinski definition) is 2. The molecule has 2 amide bonds. The Morgan fingerprint density at radius 2 is 1.81 bits per heavy atom. The molecular weight excluding hydrogens is 386 g/mol. The molecule has 5 heteroatoms. The van der Waals surface area contributed by atoms with Crippen LogP contribution in [0.2, 0.25) is 0 Å². The Morgan fingerprint density at radius 1 is 1.13 bits per heavy atom. The van der Waals surface area contributed by atoms with Crippen LogP contribution in [-0.4, -0.2) is 41.4 Å². The molecule has 6 rings (SSSR count). The Kier molecular flexibility index (Phi) is 5.09. The molecule has 4 bridgehead atoms. The number of nitrogens with one attached hydrogen (secondary N) is 2. The third kappa shape index (κ3) is 3.35. The van der Waals surface area contributed by atoms with Gasteiger partial charge in [-0.15, -0.1) is 0 Å². The van der Waals surface area contributed by atoms with Crippen LogP contribution in [0.5, 0.6) is 0 Å². The fourth-order valence-corrected chi connectivity index (χ4v) is 6.32. The molecule has 1 aliphatic carbocycles. The average Bonchev–Trinajstić information content (AvgIpc) is 3.05. The molecule has 0 radical (unpaired) electrons. The first-order valence-electron chi connectivity index (χ1n) is 11.4. The van der Waals surface area contributed by atoms with Crippen molar-refractivity contribution in [3.63, 3.8) is 0 Å². The summed E-state index contributed by atoms with van der Waals surface area (Å²) >= 11 is 0. The molecule has 31 heavy (non-hydrogen) atoms. The molecule has 5 atom stereocenters. The van der Waals surface area contributed by atoms with Gasteiger partial charge in [-0.05, 0) is 29.4 Å². The molecule has 5 unspecified atom stereocenters. The van der Waals surface area contributed by atoms with Gasteiger partial charge in [0.25, 0.3) is 0 Å². The second kappa shape index (κ2) is 7.79. The Bertz CT molecular complexity index is 961. The van der Waals surface area contributed by atoms with E-state index in [4.69, 9.17) is 0 Å². The van der Waals surface area contributed by atoms with E-state index in [9.17, 15) is 9.59 Å². The average molecular weight is 418 g/mol. The molecule has 2 N–H and O–H groups in total. The minimum atomic E-state index is -0.900. The molecule has 2 aromatic carbocycles. The van der Waals surface area contributed by atoms with Crippen LogP contribution >= 0.6 is 0 Å². The number of carbonyl (C=O) groups excluding carboxylic acids is 2. The van der Waals surface area contributed by atoms with Gasteiger partial charge >= 0.3 is 0 Å². The topological polar surface area (TPSA) is 61.4 Å². The highest BCUT2D eigenvalue weighted by atomic mass is 16.2.